The van der Waals surface area contributed by atoms with Crippen molar-refractivity contribution >= 4 is 33.0 Å². The van der Waals surface area contributed by atoms with Crippen LogP contribution >= 0.6 is 21.6 Å². The second-order valence-corrected chi connectivity index (χ2v) is 6.25. The van der Waals surface area contributed by atoms with E-state index in [0.29, 0.717) is 22.9 Å². The normalized spacial score (nSPS) is 10.3. The van der Waals surface area contributed by atoms with E-state index < -0.39 is 0 Å². The zero-order valence-corrected chi connectivity index (χ0v) is 12.9. The fraction of sp³-hybridized carbons (Fsp3) is 0.143. The van der Waals surface area contributed by atoms with E-state index in [1.807, 2.05) is 36.4 Å². The Morgan fingerprint density at radius 1 is 0.750 bits per heavy atom. The van der Waals surface area contributed by atoms with Crippen LogP contribution in [0.3, 0.4) is 0 Å². The van der Waals surface area contributed by atoms with Gasteiger partial charge >= 0.3 is 0 Å². The van der Waals surface area contributed by atoms with Gasteiger partial charge < -0.3 is 20.9 Å². The van der Waals surface area contributed by atoms with Crippen molar-refractivity contribution in [3.8, 4) is 11.5 Å². The summed E-state index contributed by atoms with van der Waals surface area (Å²) in [6.45, 7) is 0. The van der Waals surface area contributed by atoms with Gasteiger partial charge in [-0.05, 0) is 36.4 Å². The standard InChI is InChI=1S/C14H16N2O2S2/c1-17-13-7-9(3-5-11(13)15)19-20-10-4-6-12(16)14(8-10)18-2/h3-8H,15-16H2,1-2H3. The van der Waals surface area contributed by atoms with Crippen LogP contribution < -0.4 is 20.9 Å². The molecule has 4 N–H and O–H groups in total. The summed E-state index contributed by atoms with van der Waals surface area (Å²) in [6.07, 6.45) is 0. The molecule has 4 nitrogen and oxygen atoms in total. The van der Waals surface area contributed by atoms with Crippen molar-refractivity contribution in [1.29, 1.82) is 0 Å². The molecule has 20 heavy (non-hydrogen) atoms. The van der Waals surface area contributed by atoms with Crippen LogP contribution in [0.2, 0.25) is 0 Å². The molecule has 106 valence electrons. The molecule has 0 saturated carbocycles. The topological polar surface area (TPSA) is 70.5 Å². The van der Waals surface area contributed by atoms with E-state index in [2.05, 4.69) is 0 Å². The molecule has 0 spiro atoms. The van der Waals surface area contributed by atoms with E-state index in [1.165, 1.54) is 0 Å². The van der Waals surface area contributed by atoms with Crippen LogP contribution in [0.5, 0.6) is 11.5 Å². The second-order valence-electron chi connectivity index (χ2n) is 3.97. The summed E-state index contributed by atoms with van der Waals surface area (Å²) in [6, 6.07) is 11.4. The van der Waals surface area contributed by atoms with Gasteiger partial charge in [0.2, 0.25) is 0 Å². The summed E-state index contributed by atoms with van der Waals surface area (Å²) in [5.74, 6) is 1.37. The van der Waals surface area contributed by atoms with Gasteiger partial charge in [-0.25, -0.2) is 0 Å². The van der Waals surface area contributed by atoms with Gasteiger partial charge in [0.25, 0.3) is 0 Å². The molecule has 0 radical (unpaired) electrons. The Balaban J connectivity index is 2.08. The number of nitrogens with two attached hydrogens (primary N) is 2. The van der Waals surface area contributed by atoms with E-state index in [4.69, 9.17) is 20.9 Å². The van der Waals surface area contributed by atoms with Crippen molar-refractivity contribution in [2.45, 2.75) is 9.79 Å². The van der Waals surface area contributed by atoms with Gasteiger partial charge in [-0.1, -0.05) is 21.6 Å². The number of hydrogen-bond acceptors (Lipinski definition) is 6. The molecule has 6 heteroatoms. The highest BCUT2D eigenvalue weighted by molar-refractivity contribution is 8.76. The number of benzene rings is 2. The maximum absolute atomic E-state index is 5.79. The average Bonchev–Trinajstić information content (AvgIpc) is 2.47. The maximum atomic E-state index is 5.79. The molecule has 0 heterocycles. The summed E-state index contributed by atoms with van der Waals surface area (Å²) in [4.78, 5) is 2.13. The van der Waals surface area contributed by atoms with E-state index in [-0.39, 0.29) is 0 Å². The summed E-state index contributed by atoms with van der Waals surface area (Å²) < 4.78 is 10.4. The molecule has 0 aliphatic carbocycles. The molecule has 0 unspecified atom stereocenters. The fourth-order valence-electron chi connectivity index (χ4n) is 1.58. The number of anilines is 2. The van der Waals surface area contributed by atoms with Crippen LogP contribution in [0.4, 0.5) is 11.4 Å². The van der Waals surface area contributed by atoms with Crippen molar-refractivity contribution in [1.82, 2.24) is 0 Å². The molecule has 2 rings (SSSR count). The minimum Gasteiger partial charge on any atom is -0.495 e. The molecule has 2 aromatic rings. The molecular weight excluding hydrogens is 292 g/mol. The molecule has 0 bridgehead atoms. The highest BCUT2D eigenvalue weighted by atomic mass is 33.1. The van der Waals surface area contributed by atoms with Crippen molar-refractivity contribution < 1.29 is 9.47 Å². The van der Waals surface area contributed by atoms with Gasteiger partial charge in [-0.15, -0.1) is 0 Å². The Morgan fingerprint density at radius 2 is 1.15 bits per heavy atom. The van der Waals surface area contributed by atoms with E-state index >= 15 is 0 Å². The SMILES string of the molecule is COc1cc(SSc2ccc(N)c(OC)c2)ccc1N. The van der Waals surface area contributed by atoms with Crippen LogP contribution in [0.15, 0.2) is 46.2 Å². The van der Waals surface area contributed by atoms with Gasteiger partial charge in [-0.2, -0.15) is 0 Å². The summed E-state index contributed by atoms with van der Waals surface area (Å²) in [5, 5.41) is 0. The van der Waals surface area contributed by atoms with Crippen molar-refractivity contribution in [2.75, 3.05) is 25.7 Å². The van der Waals surface area contributed by atoms with Gasteiger partial charge in [0, 0.05) is 9.79 Å². The number of nitrogen functional groups attached to an aromatic ring is 2. The van der Waals surface area contributed by atoms with Crippen molar-refractivity contribution in [3.05, 3.63) is 36.4 Å². The Labute approximate surface area is 126 Å². The number of ether oxygens (including phenoxy) is 2. The zero-order valence-electron chi connectivity index (χ0n) is 11.3. The number of hydrogen-bond donors (Lipinski definition) is 2. The van der Waals surface area contributed by atoms with Crippen molar-refractivity contribution in [3.63, 3.8) is 0 Å². The van der Waals surface area contributed by atoms with Gasteiger partial charge in [0.05, 0.1) is 25.6 Å². The molecule has 0 aromatic heterocycles. The number of rotatable bonds is 5. The highest BCUT2D eigenvalue weighted by Gasteiger charge is 2.05. The lowest BCUT2D eigenvalue weighted by Gasteiger charge is -2.08. The molecule has 0 saturated heterocycles. The fourth-order valence-corrected chi connectivity index (χ4v) is 3.53. The van der Waals surface area contributed by atoms with E-state index in [0.717, 1.165) is 9.79 Å². The van der Waals surface area contributed by atoms with Crippen LogP contribution in [0, 0.1) is 0 Å². The average molecular weight is 308 g/mol. The molecule has 0 aliphatic heterocycles. The van der Waals surface area contributed by atoms with Crippen LogP contribution in [-0.2, 0) is 0 Å². The third-order valence-electron chi connectivity index (χ3n) is 2.64. The molecule has 0 amide bonds. The third kappa shape index (κ3) is 3.46. The highest BCUT2D eigenvalue weighted by Crippen LogP contribution is 2.41. The van der Waals surface area contributed by atoms with Crippen molar-refractivity contribution in [2.24, 2.45) is 0 Å². The Kier molecular flexibility index (Phi) is 4.92. The summed E-state index contributed by atoms with van der Waals surface area (Å²) in [7, 11) is 6.46. The van der Waals surface area contributed by atoms with E-state index in [9.17, 15) is 0 Å². The molecular formula is C14H16N2O2S2. The predicted molar refractivity (Wildman–Crippen MR) is 86.5 cm³/mol. The largest absolute Gasteiger partial charge is 0.495 e. The number of methoxy groups -OCH3 is 2. The van der Waals surface area contributed by atoms with Crippen LogP contribution in [-0.4, -0.2) is 14.2 Å². The third-order valence-corrected chi connectivity index (χ3v) is 5.02. The van der Waals surface area contributed by atoms with Gasteiger partial charge in [0.15, 0.2) is 0 Å². The first-order valence-electron chi connectivity index (χ1n) is 5.85. The Bertz CT molecular complexity index is 552. The monoisotopic (exact) mass is 308 g/mol. The lowest BCUT2D eigenvalue weighted by molar-refractivity contribution is 0.416. The minimum atomic E-state index is 0.635. The molecule has 0 atom stereocenters. The Hall–Kier alpha value is -1.66. The molecule has 0 aliphatic rings. The first-order valence-corrected chi connectivity index (χ1v) is 8.00. The van der Waals surface area contributed by atoms with Crippen LogP contribution in [0.25, 0.3) is 0 Å². The van der Waals surface area contributed by atoms with Gasteiger partial charge in [0.1, 0.15) is 11.5 Å². The second kappa shape index (κ2) is 6.67. The Morgan fingerprint density at radius 3 is 1.50 bits per heavy atom. The minimum absolute atomic E-state index is 0.635. The lowest BCUT2D eigenvalue weighted by Crippen LogP contribution is -1.92. The smallest absolute Gasteiger partial charge is 0.142 e. The molecule has 0 fully saturated rings. The lowest BCUT2D eigenvalue weighted by atomic mass is 10.3. The maximum Gasteiger partial charge on any atom is 0.142 e. The predicted octanol–water partition coefficient (Wildman–Crippen LogP) is 3.67. The van der Waals surface area contributed by atoms with Crippen LogP contribution in [0.1, 0.15) is 0 Å². The van der Waals surface area contributed by atoms with Gasteiger partial charge in [-0.3, -0.25) is 0 Å². The zero-order chi connectivity index (χ0) is 14.5. The molecule has 2 aromatic carbocycles. The first kappa shape index (κ1) is 14.7. The quantitative estimate of drug-likeness (QED) is 0.649. The first-order chi connectivity index (χ1) is 9.63. The summed E-state index contributed by atoms with van der Waals surface area (Å²) in [5.41, 5.74) is 12.9. The van der Waals surface area contributed by atoms with E-state index in [1.54, 1.807) is 35.8 Å². The summed E-state index contributed by atoms with van der Waals surface area (Å²) >= 11 is 0.